The van der Waals surface area contributed by atoms with Gasteiger partial charge in [-0.25, -0.2) is 0 Å². The summed E-state index contributed by atoms with van der Waals surface area (Å²) in [7, 11) is 0. The number of aliphatic carboxylic acids is 1. The third-order valence-corrected chi connectivity index (χ3v) is 1.72. The van der Waals surface area contributed by atoms with Gasteiger partial charge in [0.25, 0.3) is 0 Å². The number of rotatable bonds is 5. The van der Waals surface area contributed by atoms with Crippen LogP contribution in [0.4, 0.5) is 13.2 Å². The Hall–Kier alpha value is -0.780. The fourth-order valence-corrected chi connectivity index (χ4v) is 1.28. The Balaban J connectivity index is 3.82. The van der Waals surface area contributed by atoms with Crippen molar-refractivity contribution in [3.05, 3.63) is 0 Å². The fourth-order valence-electron chi connectivity index (χ4n) is 1.28. The van der Waals surface area contributed by atoms with Gasteiger partial charge >= 0.3 is 12.1 Å². The third kappa shape index (κ3) is 7.85. The van der Waals surface area contributed by atoms with Gasteiger partial charge in [-0.1, -0.05) is 6.92 Å². The monoisotopic (exact) mass is 213 g/mol. The highest BCUT2D eigenvalue weighted by Crippen LogP contribution is 2.23. The molecule has 0 saturated heterocycles. The van der Waals surface area contributed by atoms with E-state index in [2.05, 4.69) is 0 Å². The first-order chi connectivity index (χ1) is 6.20. The molecule has 3 nitrogen and oxygen atoms in total. The summed E-state index contributed by atoms with van der Waals surface area (Å²) in [5, 5.41) is 8.37. The molecule has 3 N–H and O–H groups in total. The number of halogens is 3. The topological polar surface area (TPSA) is 63.3 Å². The van der Waals surface area contributed by atoms with Crippen LogP contribution in [0.3, 0.4) is 0 Å². The third-order valence-electron chi connectivity index (χ3n) is 1.72. The van der Waals surface area contributed by atoms with E-state index in [1.807, 2.05) is 0 Å². The molecule has 0 amide bonds. The second-order valence-electron chi connectivity index (χ2n) is 3.52. The van der Waals surface area contributed by atoms with Gasteiger partial charge in [0.05, 0.1) is 6.42 Å². The molecule has 0 aliphatic carbocycles. The van der Waals surface area contributed by atoms with Crippen molar-refractivity contribution in [2.45, 2.75) is 38.4 Å². The van der Waals surface area contributed by atoms with Gasteiger partial charge in [-0.2, -0.15) is 13.2 Å². The predicted octanol–water partition coefficient (Wildman–Crippen LogP) is 1.77. The number of nitrogens with two attached hydrogens (primary N) is 1. The molecule has 2 atom stereocenters. The Labute approximate surface area is 80.1 Å². The maximum absolute atomic E-state index is 11.8. The summed E-state index contributed by atoms with van der Waals surface area (Å²) < 4.78 is 35.5. The van der Waals surface area contributed by atoms with Crippen LogP contribution >= 0.6 is 0 Å². The summed E-state index contributed by atoms with van der Waals surface area (Å²) >= 11 is 0. The Morgan fingerprint density at radius 3 is 2.36 bits per heavy atom. The van der Waals surface area contributed by atoms with Gasteiger partial charge in [0.1, 0.15) is 0 Å². The molecule has 0 spiro atoms. The number of carbonyl (C=O) groups is 1. The number of alkyl halides is 3. The molecule has 6 heteroatoms. The van der Waals surface area contributed by atoms with Gasteiger partial charge in [0.15, 0.2) is 0 Å². The standard InChI is InChI=1S/C8H14F3NO2/c1-5(3-7(13)14)2-6(12)4-8(9,10)11/h5-6H,2-4,12H2,1H3,(H,13,14)/t5-,6+/m1/s1. The van der Waals surface area contributed by atoms with E-state index in [-0.39, 0.29) is 18.8 Å². The van der Waals surface area contributed by atoms with E-state index in [4.69, 9.17) is 10.8 Å². The zero-order chi connectivity index (χ0) is 11.4. The quantitative estimate of drug-likeness (QED) is 0.731. The maximum Gasteiger partial charge on any atom is 0.390 e. The summed E-state index contributed by atoms with van der Waals surface area (Å²) in [6.45, 7) is 1.57. The highest BCUT2D eigenvalue weighted by molar-refractivity contribution is 5.66. The molecule has 0 aliphatic rings. The minimum atomic E-state index is -4.28. The Kier molecular flexibility index (Phi) is 4.90. The number of hydrogen-bond donors (Lipinski definition) is 2. The van der Waals surface area contributed by atoms with Crippen LogP contribution in [0.15, 0.2) is 0 Å². The number of carboxylic acids is 1. The summed E-state index contributed by atoms with van der Waals surface area (Å²) in [4.78, 5) is 10.2. The first-order valence-electron chi connectivity index (χ1n) is 4.25. The van der Waals surface area contributed by atoms with Crippen LogP contribution < -0.4 is 5.73 Å². The minimum Gasteiger partial charge on any atom is -0.481 e. The van der Waals surface area contributed by atoms with E-state index in [0.29, 0.717) is 0 Å². The highest BCUT2D eigenvalue weighted by atomic mass is 19.4. The largest absolute Gasteiger partial charge is 0.481 e. The summed E-state index contributed by atoms with van der Waals surface area (Å²) in [5.74, 6) is -1.35. The number of carboxylic acid groups (broad SMARTS) is 1. The van der Waals surface area contributed by atoms with Crippen LogP contribution in [0.25, 0.3) is 0 Å². The molecular formula is C8H14F3NO2. The van der Waals surface area contributed by atoms with Crippen molar-refractivity contribution in [1.29, 1.82) is 0 Å². The molecule has 0 saturated carbocycles. The molecular weight excluding hydrogens is 199 g/mol. The van der Waals surface area contributed by atoms with Gasteiger partial charge in [0.2, 0.25) is 0 Å². The lowest BCUT2D eigenvalue weighted by atomic mass is 9.97. The van der Waals surface area contributed by atoms with E-state index in [9.17, 15) is 18.0 Å². The van der Waals surface area contributed by atoms with Crippen molar-refractivity contribution in [2.24, 2.45) is 11.7 Å². The van der Waals surface area contributed by atoms with Gasteiger partial charge in [-0.15, -0.1) is 0 Å². The predicted molar refractivity (Wildman–Crippen MR) is 44.7 cm³/mol. The molecule has 0 bridgehead atoms. The van der Waals surface area contributed by atoms with Gasteiger partial charge < -0.3 is 10.8 Å². The molecule has 0 rings (SSSR count). The van der Waals surface area contributed by atoms with Crippen molar-refractivity contribution in [1.82, 2.24) is 0 Å². The molecule has 14 heavy (non-hydrogen) atoms. The lowest BCUT2D eigenvalue weighted by Gasteiger charge is -2.17. The molecule has 0 fully saturated rings. The average Bonchev–Trinajstić information content (AvgIpc) is 1.77. The van der Waals surface area contributed by atoms with Crippen molar-refractivity contribution in [2.75, 3.05) is 0 Å². The molecule has 0 aliphatic heterocycles. The second kappa shape index (κ2) is 5.19. The van der Waals surface area contributed by atoms with Gasteiger partial charge in [-0.3, -0.25) is 4.79 Å². The highest BCUT2D eigenvalue weighted by Gasteiger charge is 2.30. The molecule has 0 heterocycles. The normalized spacial score (nSPS) is 16.4. The lowest BCUT2D eigenvalue weighted by molar-refractivity contribution is -0.139. The van der Waals surface area contributed by atoms with E-state index in [1.54, 1.807) is 6.92 Å². The second-order valence-corrected chi connectivity index (χ2v) is 3.52. The lowest BCUT2D eigenvalue weighted by Crippen LogP contribution is -2.29. The van der Waals surface area contributed by atoms with Crippen LogP contribution in [-0.2, 0) is 4.79 Å². The van der Waals surface area contributed by atoms with Crippen LogP contribution in [0.5, 0.6) is 0 Å². The van der Waals surface area contributed by atoms with Crippen molar-refractivity contribution in [3.8, 4) is 0 Å². The number of hydrogen-bond acceptors (Lipinski definition) is 2. The summed E-state index contributed by atoms with van der Waals surface area (Å²) in [6, 6.07) is -1.01. The Bertz CT molecular complexity index is 194. The van der Waals surface area contributed by atoms with Gasteiger partial charge in [0, 0.05) is 12.5 Å². The Morgan fingerprint density at radius 2 is 2.00 bits per heavy atom. The van der Waals surface area contributed by atoms with E-state index in [0.717, 1.165) is 0 Å². The summed E-state index contributed by atoms with van der Waals surface area (Å²) in [5.41, 5.74) is 5.22. The molecule has 0 radical (unpaired) electrons. The molecule has 0 aromatic rings. The van der Waals surface area contributed by atoms with Crippen molar-refractivity contribution in [3.63, 3.8) is 0 Å². The summed E-state index contributed by atoms with van der Waals surface area (Å²) in [6.07, 6.45) is -5.41. The SMILES string of the molecule is C[C@@H](CC(=O)O)C[C@H](N)CC(F)(F)F. The fraction of sp³-hybridized carbons (Fsp3) is 0.875. The van der Waals surface area contributed by atoms with Crippen molar-refractivity contribution < 1.29 is 23.1 Å². The first kappa shape index (κ1) is 13.2. The van der Waals surface area contributed by atoms with E-state index >= 15 is 0 Å². The minimum absolute atomic E-state index is 0.0752. The van der Waals surface area contributed by atoms with Crippen LogP contribution in [-0.4, -0.2) is 23.3 Å². The van der Waals surface area contributed by atoms with Crippen LogP contribution in [0.1, 0.15) is 26.2 Å². The molecule has 84 valence electrons. The first-order valence-corrected chi connectivity index (χ1v) is 4.25. The van der Waals surface area contributed by atoms with E-state index < -0.39 is 24.6 Å². The van der Waals surface area contributed by atoms with Gasteiger partial charge in [-0.05, 0) is 12.3 Å². The van der Waals surface area contributed by atoms with Crippen LogP contribution in [0, 0.1) is 5.92 Å². The smallest absolute Gasteiger partial charge is 0.390 e. The van der Waals surface area contributed by atoms with E-state index in [1.165, 1.54) is 0 Å². The average molecular weight is 213 g/mol. The molecule has 0 aromatic carbocycles. The molecule has 0 aromatic heterocycles. The molecule has 0 unspecified atom stereocenters. The maximum atomic E-state index is 11.8. The Morgan fingerprint density at radius 1 is 1.50 bits per heavy atom. The zero-order valence-corrected chi connectivity index (χ0v) is 7.84. The zero-order valence-electron chi connectivity index (χ0n) is 7.84. The van der Waals surface area contributed by atoms with Crippen LogP contribution in [0.2, 0.25) is 0 Å². The van der Waals surface area contributed by atoms with Crippen molar-refractivity contribution >= 4 is 5.97 Å².